The molecule has 0 aliphatic heterocycles. The Labute approximate surface area is 120 Å². The van der Waals surface area contributed by atoms with Gasteiger partial charge in [0, 0.05) is 32.0 Å². The van der Waals surface area contributed by atoms with Crippen molar-refractivity contribution in [1.82, 2.24) is 28.4 Å². The first-order chi connectivity index (χ1) is 9.90. The van der Waals surface area contributed by atoms with Gasteiger partial charge >= 0.3 is 5.69 Å². The van der Waals surface area contributed by atoms with E-state index in [1.165, 1.54) is 4.57 Å². The van der Waals surface area contributed by atoms with Crippen LogP contribution in [0.15, 0.2) is 15.8 Å². The van der Waals surface area contributed by atoms with Crippen molar-refractivity contribution in [2.24, 2.45) is 7.05 Å². The quantitative estimate of drug-likeness (QED) is 0.708. The summed E-state index contributed by atoms with van der Waals surface area (Å²) in [4.78, 5) is 32.6. The maximum atomic E-state index is 12.1. The highest BCUT2D eigenvalue weighted by atomic mass is 16.2. The summed E-state index contributed by atoms with van der Waals surface area (Å²) < 4.78 is 5.15. The Balaban J connectivity index is 2.33. The molecule has 1 N–H and O–H groups in total. The first-order valence-corrected chi connectivity index (χ1v) is 6.72. The van der Waals surface area contributed by atoms with E-state index in [4.69, 9.17) is 0 Å². The number of H-pyrrole nitrogens is 1. The van der Waals surface area contributed by atoms with Gasteiger partial charge in [-0.1, -0.05) is 0 Å². The fourth-order valence-electron chi connectivity index (χ4n) is 2.49. The number of fused-ring (bicyclic) bond motifs is 3. The lowest BCUT2D eigenvalue weighted by Gasteiger charge is -2.11. The van der Waals surface area contributed by atoms with Gasteiger partial charge < -0.3 is 9.47 Å². The average Bonchev–Trinajstić information content (AvgIpc) is 2.89. The van der Waals surface area contributed by atoms with E-state index in [9.17, 15) is 9.59 Å². The van der Waals surface area contributed by atoms with Gasteiger partial charge in [0.1, 0.15) is 0 Å². The van der Waals surface area contributed by atoms with Crippen molar-refractivity contribution in [2.45, 2.75) is 13.5 Å². The van der Waals surface area contributed by atoms with Crippen LogP contribution in [0.1, 0.15) is 5.69 Å². The molecule has 8 nitrogen and oxygen atoms in total. The fourth-order valence-corrected chi connectivity index (χ4v) is 2.49. The van der Waals surface area contributed by atoms with Gasteiger partial charge in [0.15, 0.2) is 11.2 Å². The van der Waals surface area contributed by atoms with Crippen LogP contribution in [-0.2, 0) is 13.6 Å². The Kier molecular flexibility index (Phi) is 2.98. The number of rotatable bonds is 3. The largest absolute Gasteiger partial charge is 0.329 e. The van der Waals surface area contributed by atoms with Crippen molar-refractivity contribution in [1.29, 1.82) is 0 Å². The number of likely N-dealkylation sites (N-methyl/N-ethyl adjacent to an activating group) is 1. The number of nitrogens with one attached hydrogen (secondary N) is 1. The van der Waals surface area contributed by atoms with Gasteiger partial charge in [-0.2, -0.15) is 4.98 Å². The van der Waals surface area contributed by atoms with E-state index >= 15 is 0 Å². The van der Waals surface area contributed by atoms with Crippen molar-refractivity contribution < 1.29 is 0 Å². The number of hydrogen-bond donors (Lipinski definition) is 1. The zero-order chi connectivity index (χ0) is 15.3. The molecule has 0 radical (unpaired) electrons. The standard InChI is InChI=1S/C13H18N6O2/c1-8-7-19-9-10(17(4)13(21)15-11(9)20)14-12(19)18(8)6-5-16(2)3/h7H,5-6H2,1-4H3,(H,15,20,21). The van der Waals surface area contributed by atoms with E-state index in [1.54, 1.807) is 11.4 Å². The molecule has 0 aromatic carbocycles. The van der Waals surface area contributed by atoms with Crippen LogP contribution in [0.4, 0.5) is 0 Å². The Bertz CT molecular complexity index is 940. The molecule has 3 heterocycles. The minimum absolute atomic E-state index is 0.400. The molecule has 0 aliphatic rings. The number of aryl methyl sites for hydroxylation is 2. The van der Waals surface area contributed by atoms with Crippen LogP contribution in [0.3, 0.4) is 0 Å². The summed E-state index contributed by atoms with van der Waals surface area (Å²) in [5.74, 6) is 0.677. The monoisotopic (exact) mass is 290 g/mol. The molecule has 3 rings (SSSR count). The topological polar surface area (TPSA) is 80.3 Å². The zero-order valence-electron chi connectivity index (χ0n) is 12.5. The SMILES string of the molecule is Cc1cn2c3c(=O)[nH]c(=O)n(C)c3nc2n1CCN(C)C. The summed E-state index contributed by atoms with van der Waals surface area (Å²) in [5.41, 5.74) is 0.959. The molecule has 0 bridgehead atoms. The molecule has 3 aromatic heterocycles. The van der Waals surface area contributed by atoms with Crippen LogP contribution >= 0.6 is 0 Å². The summed E-state index contributed by atoms with van der Waals surface area (Å²) in [6, 6.07) is 0. The maximum Gasteiger partial charge on any atom is 0.329 e. The van der Waals surface area contributed by atoms with Crippen molar-refractivity contribution in [3.05, 3.63) is 32.7 Å². The van der Waals surface area contributed by atoms with Gasteiger partial charge in [0.25, 0.3) is 5.56 Å². The molecule has 0 amide bonds. The fraction of sp³-hybridized carbons (Fsp3) is 0.462. The van der Waals surface area contributed by atoms with E-state index in [2.05, 4.69) is 14.9 Å². The molecule has 0 saturated heterocycles. The normalized spacial score (nSPS) is 12.0. The number of aromatic nitrogens is 5. The molecule has 0 atom stereocenters. The highest BCUT2D eigenvalue weighted by Gasteiger charge is 2.17. The molecule has 8 heteroatoms. The van der Waals surface area contributed by atoms with E-state index in [1.807, 2.05) is 31.8 Å². The van der Waals surface area contributed by atoms with Gasteiger partial charge in [0.05, 0.1) is 0 Å². The first-order valence-electron chi connectivity index (χ1n) is 6.72. The zero-order valence-corrected chi connectivity index (χ0v) is 12.5. The molecule has 0 spiro atoms. The Morgan fingerprint density at radius 1 is 1.33 bits per heavy atom. The Morgan fingerprint density at radius 2 is 2.05 bits per heavy atom. The van der Waals surface area contributed by atoms with E-state index in [0.29, 0.717) is 16.9 Å². The van der Waals surface area contributed by atoms with Gasteiger partial charge in [-0.25, -0.2) is 4.79 Å². The van der Waals surface area contributed by atoms with Crippen LogP contribution in [0.5, 0.6) is 0 Å². The summed E-state index contributed by atoms with van der Waals surface area (Å²) in [7, 11) is 5.61. The van der Waals surface area contributed by atoms with Gasteiger partial charge in [0.2, 0.25) is 5.78 Å². The predicted molar refractivity (Wildman–Crippen MR) is 79.8 cm³/mol. The van der Waals surface area contributed by atoms with E-state index in [0.717, 1.165) is 18.8 Å². The van der Waals surface area contributed by atoms with Gasteiger partial charge in [-0.05, 0) is 21.0 Å². The number of nitrogens with zero attached hydrogens (tertiary/aromatic N) is 5. The Morgan fingerprint density at radius 3 is 2.71 bits per heavy atom. The minimum Gasteiger partial charge on any atom is -0.313 e. The number of imidazole rings is 2. The van der Waals surface area contributed by atoms with Crippen LogP contribution in [0.2, 0.25) is 0 Å². The molecule has 0 aliphatic carbocycles. The Hall–Kier alpha value is -2.35. The lowest BCUT2D eigenvalue weighted by molar-refractivity contribution is 0.384. The lowest BCUT2D eigenvalue weighted by atomic mass is 10.5. The van der Waals surface area contributed by atoms with Crippen molar-refractivity contribution in [3.63, 3.8) is 0 Å². The molecule has 112 valence electrons. The second kappa shape index (κ2) is 4.59. The smallest absolute Gasteiger partial charge is 0.313 e. The van der Waals surface area contributed by atoms with Crippen LogP contribution in [-0.4, -0.2) is 49.0 Å². The van der Waals surface area contributed by atoms with Crippen molar-refractivity contribution >= 4 is 16.9 Å². The molecule has 3 aromatic rings. The summed E-state index contributed by atoms with van der Waals surface area (Å²) in [6.07, 6.45) is 1.88. The number of hydrogen-bond acceptors (Lipinski definition) is 4. The molecule has 0 fully saturated rings. The predicted octanol–water partition coefficient (Wildman–Crippen LogP) is -0.454. The summed E-state index contributed by atoms with van der Waals surface area (Å²) >= 11 is 0. The molecular formula is C13H18N6O2. The van der Waals surface area contributed by atoms with Crippen LogP contribution < -0.4 is 11.2 Å². The number of aromatic amines is 1. The first kappa shape index (κ1) is 13.6. The van der Waals surface area contributed by atoms with Crippen LogP contribution in [0.25, 0.3) is 16.9 Å². The van der Waals surface area contributed by atoms with E-state index < -0.39 is 11.2 Å². The third-order valence-electron chi connectivity index (χ3n) is 3.69. The molecular weight excluding hydrogens is 272 g/mol. The third-order valence-corrected chi connectivity index (χ3v) is 3.69. The summed E-state index contributed by atoms with van der Waals surface area (Å²) in [5, 5.41) is 0. The maximum absolute atomic E-state index is 12.1. The molecule has 0 saturated carbocycles. The highest BCUT2D eigenvalue weighted by molar-refractivity contribution is 5.75. The second-order valence-corrected chi connectivity index (χ2v) is 5.50. The van der Waals surface area contributed by atoms with Gasteiger partial charge in [-0.3, -0.25) is 18.7 Å². The minimum atomic E-state index is -0.454. The third kappa shape index (κ3) is 1.99. The van der Waals surface area contributed by atoms with E-state index in [-0.39, 0.29) is 0 Å². The second-order valence-electron chi connectivity index (χ2n) is 5.50. The van der Waals surface area contributed by atoms with Gasteiger partial charge in [-0.15, -0.1) is 0 Å². The van der Waals surface area contributed by atoms with Crippen molar-refractivity contribution in [2.75, 3.05) is 20.6 Å². The highest BCUT2D eigenvalue weighted by Crippen LogP contribution is 2.15. The molecule has 21 heavy (non-hydrogen) atoms. The van der Waals surface area contributed by atoms with Crippen LogP contribution in [0, 0.1) is 6.92 Å². The summed E-state index contributed by atoms with van der Waals surface area (Å²) in [6.45, 7) is 3.61. The molecule has 0 unspecified atom stereocenters. The lowest BCUT2D eigenvalue weighted by Crippen LogP contribution is -2.28. The average molecular weight is 290 g/mol. The van der Waals surface area contributed by atoms with Crippen molar-refractivity contribution in [3.8, 4) is 0 Å².